The van der Waals surface area contributed by atoms with Crippen molar-refractivity contribution in [1.82, 2.24) is 54.9 Å². The van der Waals surface area contributed by atoms with Crippen LogP contribution in [0.1, 0.15) is 156 Å². The Kier molecular flexibility index (Phi) is 39.9. The average Bonchev–Trinajstić information content (AvgIpc) is 1.74. The molecular weight excluding hydrogens is 1550 g/mol. The van der Waals surface area contributed by atoms with Crippen molar-refractivity contribution in [3.8, 4) is 11.3 Å². The van der Waals surface area contributed by atoms with Crippen molar-refractivity contribution < 1.29 is 95.8 Å². The van der Waals surface area contributed by atoms with Gasteiger partial charge in [-0.2, -0.15) is 5.10 Å². The van der Waals surface area contributed by atoms with E-state index < -0.39 is 83.8 Å². The normalized spacial score (nSPS) is 26.7. The molecule has 120 heavy (non-hydrogen) atoms. The lowest BCUT2D eigenvalue weighted by atomic mass is 9.80. The van der Waals surface area contributed by atoms with Crippen molar-refractivity contribution in [3.63, 3.8) is 0 Å². The van der Waals surface area contributed by atoms with E-state index in [0.29, 0.717) is 191 Å². The molecule has 5 aromatic rings. The van der Waals surface area contributed by atoms with Crippen molar-refractivity contribution in [2.45, 2.75) is 231 Å². The highest BCUT2D eigenvalue weighted by Crippen LogP contribution is 2.39. The minimum atomic E-state index is -2.48. The molecule has 1 aliphatic carbocycles. The number of unbranched alkanes of at least 4 members (excludes halogenated alkanes) is 2. The summed E-state index contributed by atoms with van der Waals surface area (Å²) in [6.07, 6.45) is 21.7. The third-order valence-electron chi connectivity index (χ3n) is 23.1. The van der Waals surface area contributed by atoms with Crippen molar-refractivity contribution in [2.75, 3.05) is 126 Å². The minimum absolute atomic E-state index is 0.0132. The van der Waals surface area contributed by atoms with Gasteiger partial charge in [-0.25, -0.2) is 29.1 Å². The fraction of sp³-hybridized carbons (Fsp3) is 0.678. The number of carbonyl (C=O) groups is 6. The second-order valence-electron chi connectivity index (χ2n) is 32.2. The van der Waals surface area contributed by atoms with Crippen molar-refractivity contribution in [1.29, 1.82) is 0 Å². The monoisotopic (exact) mass is 1680 g/mol. The van der Waals surface area contributed by atoms with Gasteiger partial charge in [-0.15, -0.1) is 5.10 Å². The van der Waals surface area contributed by atoms with Gasteiger partial charge >= 0.3 is 5.97 Å². The van der Waals surface area contributed by atoms with Crippen LogP contribution < -0.4 is 16.8 Å². The van der Waals surface area contributed by atoms with Crippen LogP contribution in [0.25, 0.3) is 33.3 Å². The van der Waals surface area contributed by atoms with Crippen LogP contribution in [0.2, 0.25) is 0 Å². The number of aromatic amines is 1. The Labute approximate surface area is 704 Å². The number of nitrogens with two attached hydrogens (primary N) is 2. The number of ketones is 3. The van der Waals surface area contributed by atoms with E-state index in [4.69, 9.17) is 73.4 Å². The van der Waals surface area contributed by atoms with Crippen molar-refractivity contribution >= 4 is 63.0 Å². The number of ether oxygens (including phenoxy) is 12. The number of hydrogen-bond acceptors (Lipinski definition) is 28. The Balaban J connectivity index is 0.621. The molecule has 0 aromatic carbocycles. The number of aliphatic hydroxyl groups is 2. The summed E-state index contributed by atoms with van der Waals surface area (Å²) >= 11 is 0. The summed E-state index contributed by atoms with van der Waals surface area (Å²) in [4.78, 5) is 102. The van der Waals surface area contributed by atoms with Crippen LogP contribution in [0.4, 0.5) is 5.82 Å². The van der Waals surface area contributed by atoms with Gasteiger partial charge in [-0.1, -0.05) is 69.4 Å². The largest absolute Gasteiger partial charge is 0.459 e. The maximum Gasteiger partial charge on any atom is 0.329 e. The van der Waals surface area contributed by atoms with Crippen LogP contribution in [0.3, 0.4) is 0 Å². The molecule has 2 bridgehead atoms. The van der Waals surface area contributed by atoms with Gasteiger partial charge in [0.1, 0.15) is 53.6 Å². The number of H-pyrrole nitrogens is 1. The zero-order valence-electron chi connectivity index (χ0n) is 71.7. The van der Waals surface area contributed by atoms with Crippen LogP contribution in [0.15, 0.2) is 84.7 Å². The van der Waals surface area contributed by atoms with Crippen molar-refractivity contribution in [3.05, 3.63) is 90.3 Å². The average molecular weight is 1680 g/mol. The van der Waals surface area contributed by atoms with E-state index in [1.54, 1.807) is 58.9 Å². The fourth-order valence-electron chi connectivity index (χ4n) is 16.0. The van der Waals surface area contributed by atoms with E-state index in [9.17, 15) is 39.0 Å². The number of anilines is 1. The van der Waals surface area contributed by atoms with E-state index in [1.807, 2.05) is 73.4 Å². The first-order chi connectivity index (χ1) is 58.0. The topological polar surface area (TPSA) is 424 Å². The molecule has 4 aliphatic rings. The second-order valence-corrected chi connectivity index (χ2v) is 32.2. The summed E-state index contributed by atoms with van der Waals surface area (Å²) in [5.41, 5.74) is 18.4. The first-order valence-corrected chi connectivity index (χ1v) is 42.9. The third kappa shape index (κ3) is 28.8. The van der Waals surface area contributed by atoms with Crippen molar-refractivity contribution in [2.24, 2.45) is 35.3 Å². The van der Waals surface area contributed by atoms with E-state index in [1.165, 1.54) is 18.3 Å². The Hall–Kier alpha value is -8.00. The number of fused-ring (bicyclic) bond motifs is 5. The molecule has 8 heterocycles. The first-order valence-electron chi connectivity index (χ1n) is 42.9. The molecule has 664 valence electrons. The number of hydrogen-bond donors (Lipinski definition) is 6. The molecule has 33 nitrogen and oxygen atoms in total. The maximum atomic E-state index is 14.7. The Morgan fingerprint density at radius 1 is 0.767 bits per heavy atom. The standard InChI is InChI=1S/C87H131N13O20/c1-57-19-11-10-12-20-58(2)72(109-7)52-67-25-23-62(6)87(108,120-67)81(105)85(106)99-31-16-13-22-69(99)86(107)119-73(53-70(101)59(3)48-61(5)79(104)80(111-9)78(103)60(4)47-57)68(88)49-63-24-26-71(74(50-63)110-8)118-34-18-14-21-66-55-98(97-95-66)33-36-113-38-40-115-42-44-117-46-45-116-43-41-114-39-37-112-35-28-75(102)90-29-15-17-32-100-84-76(82(89)93-56-94-84)77(96-100)65-51-64-27-30-91-83(64)92-54-65/h10-12,19-20,27,30,48,51,54-57,59-60,62-63,67-69,71-74,79-80,104,108H,13-18,21-26,28-29,31-47,49-50,52-53,88H2,1-9H3,(H,90,102)(H,91,92)(H2,89,93,94)/b12-10?,19-11+,58-20?,61-48+/t57-,59-,60-,62-,63+,67+,68-,69+,71-,72+,73+,74-,79-,80+,87-/m1/s1. The molecule has 0 radical (unpaired) electrons. The number of piperidine rings is 1. The molecule has 15 atom stereocenters. The molecular formula is C87H131N13O20. The van der Waals surface area contributed by atoms with Gasteiger partial charge in [0.2, 0.25) is 11.7 Å². The Morgan fingerprint density at radius 3 is 2.21 bits per heavy atom. The number of aryl methyl sites for hydroxylation is 2. The zero-order chi connectivity index (χ0) is 85.9. The summed E-state index contributed by atoms with van der Waals surface area (Å²) < 4.78 is 74.0. The van der Waals surface area contributed by atoms with E-state index in [0.717, 1.165) is 60.0 Å². The van der Waals surface area contributed by atoms with Gasteiger partial charge in [0.05, 0.1) is 121 Å². The number of aromatic nitrogens is 9. The summed E-state index contributed by atoms with van der Waals surface area (Å²) in [5, 5.41) is 41.9. The molecule has 3 aliphatic heterocycles. The van der Waals surface area contributed by atoms with E-state index in [-0.39, 0.29) is 73.7 Å². The summed E-state index contributed by atoms with van der Waals surface area (Å²) in [7, 11) is 4.59. The number of Topliss-reactive ketones (excluding diaryl/α,β-unsaturated/α-hetero) is 3. The van der Waals surface area contributed by atoms with Gasteiger partial charge in [-0.3, -0.25) is 24.0 Å². The van der Waals surface area contributed by atoms with Crippen LogP contribution >= 0.6 is 0 Å². The highest BCUT2D eigenvalue weighted by atomic mass is 16.6. The number of methoxy groups -OCH3 is 3. The predicted molar refractivity (Wildman–Crippen MR) is 447 cm³/mol. The maximum absolute atomic E-state index is 14.7. The van der Waals surface area contributed by atoms with Gasteiger partial charge in [-0.05, 0) is 145 Å². The zero-order valence-corrected chi connectivity index (χ0v) is 71.7. The molecule has 0 unspecified atom stereocenters. The van der Waals surface area contributed by atoms with Gasteiger partial charge in [0.15, 0.2) is 11.4 Å². The molecule has 2 saturated heterocycles. The summed E-state index contributed by atoms with van der Waals surface area (Å²) in [6, 6.07) is 1.87. The quantitative estimate of drug-likeness (QED) is 0.00943. The number of nitrogens with one attached hydrogen (secondary N) is 2. The highest BCUT2D eigenvalue weighted by Gasteiger charge is 2.53. The molecule has 8 N–H and O–H groups in total. The predicted octanol–water partition coefficient (Wildman–Crippen LogP) is 7.86. The van der Waals surface area contributed by atoms with Gasteiger partial charge in [0, 0.05) is 120 Å². The summed E-state index contributed by atoms with van der Waals surface area (Å²) in [6.45, 7) is 17.7. The number of allylic oxidation sites excluding steroid dienone is 6. The number of cyclic esters (lactones) is 1. The molecule has 2 amide bonds. The number of nitrogens with zero attached hydrogens (tertiary/aromatic N) is 9. The van der Waals surface area contributed by atoms with Crippen LogP contribution in [-0.4, -0.2) is 276 Å². The number of nitrogen functional groups attached to an aromatic ring is 1. The number of esters is 1. The molecule has 1 saturated carbocycles. The lowest BCUT2D eigenvalue weighted by Gasteiger charge is -2.42. The first kappa shape index (κ1) is 95.8. The Bertz CT molecular complexity index is 4150. The second kappa shape index (κ2) is 49.9. The SMILES string of the molecule is CO[C@H]1C[C@@H]2CC[C@@H](C)[C@@](O)(O2)C(=O)C(=O)N2CCCC[C@H]2C(=O)O[C@H]([C@H](N)C[C@@H]2CC[C@@H](OCCCCc3cn(CCOCCOCCOCCOCCOCCOCCC(=O)NCCCCn4nc(-c5cnc6[nH]ccc6c5)c5c(N)ncnc54)nn3)[C@H](OC)C2)CC(=O)[C@H](C)/C=C(\C)[C@@H](O)[C@@H](OC)C(=O)[C@H](C)C[C@H](C)/C=C/C=CC=C1C. The molecule has 33 heteroatoms. The summed E-state index contributed by atoms with van der Waals surface area (Å²) in [5.74, 6) is -8.00. The minimum Gasteiger partial charge on any atom is -0.459 e. The number of amides is 2. The van der Waals surface area contributed by atoms with Crippen LogP contribution in [0, 0.1) is 29.6 Å². The molecule has 3 fully saturated rings. The fourth-order valence-corrected chi connectivity index (χ4v) is 16.0. The van der Waals surface area contributed by atoms with Crippen LogP contribution in [0.5, 0.6) is 0 Å². The lowest BCUT2D eigenvalue weighted by molar-refractivity contribution is -0.265. The van der Waals surface area contributed by atoms with E-state index in [2.05, 4.69) is 35.6 Å². The molecule has 5 aromatic heterocycles. The van der Waals surface area contributed by atoms with Gasteiger partial charge < -0.3 is 93.7 Å². The van der Waals surface area contributed by atoms with Gasteiger partial charge in [0.25, 0.3) is 11.7 Å². The molecule has 9 rings (SSSR count). The van der Waals surface area contributed by atoms with E-state index >= 15 is 0 Å². The smallest absolute Gasteiger partial charge is 0.329 e. The number of aliphatic hydroxyl groups excluding tert-OH is 1. The molecule has 0 spiro atoms. The van der Waals surface area contributed by atoms with Crippen LogP contribution in [-0.2, 0) is 105 Å². The third-order valence-corrected chi connectivity index (χ3v) is 23.1. The number of carbonyl (C=O) groups excluding carboxylic acids is 6. The Morgan fingerprint density at radius 2 is 1.49 bits per heavy atom. The lowest BCUT2D eigenvalue weighted by Crippen LogP contribution is -2.61. The highest BCUT2D eigenvalue weighted by molar-refractivity contribution is 6.39. The number of rotatable bonds is 39. The number of pyridine rings is 1.